The Morgan fingerprint density at radius 3 is 2.38 bits per heavy atom. The number of nitrogens with zero attached hydrogens (tertiary/aromatic N) is 1. The van der Waals surface area contributed by atoms with Gasteiger partial charge in [-0.05, 0) is 54.1 Å². The second-order valence-electron chi connectivity index (χ2n) is 6.17. The molecular formula is C22H19FN2O4. The Kier molecular flexibility index (Phi) is 6.52. The highest BCUT2D eigenvalue weighted by Gasteiger charge is 2.20. The average molecular weight is 394 g/mol. The van der Waals surface area contributed by atoms with Crippen molar-refractivity contribution in [2.75, 3.05) is 7.11 Å². The first-order chi connectivity index (χ1) is 14.0. The van der Waals surface area contributed by atoms with Gasteiger partial charge in [0.05, 0.1) is 25.8 Å². The van der Waals surface area contributed by atoms with Crippen LogP contribution in [0.4, 0.5) is 4.39 Å². The van der Waals surface area contributed by atoms with Gasteiger partial charge in [0.25, 0.3) is 5.91 Å². The molecule has 1 heterocycles. The van der Waals surface area contributed by atoms with Crippen LogP contribution < -0.4 is 10.1 Å². The summed E-state index contributed by atoms with van der Waals surface area (Å²) in [5, 5.41) is 2.79. The van der Waals surface area contributed by atoms with Gasteiger partial charge in [-0.2, -0.15) is 0 Å². The number of methoxy groups -OCH3 is 1. The van der Waals surface area contributed by atoms with Gasteiger partial charge in [-0.25, -0.2) is 4.39 Å². The van der Waals surface area contributed by atoms with Gasteiger partial charge in [-0.3, -0.25) is 14.6 Å². The Bertz CT molecular complexity index is 960. The van der Waals surface area contributed by atoms with Crippen LogP contribution in [0.15, 0.2) is 73.1 Å². The first kappa shape index (κ1) is 20.0. The predicted molar refractivity (Wildman–Crippen MR) is 104 cm³/mol. The zero-order chi connectivity index (χ0) is 20.6. The Balaban J connectivity index is 1.71. The highest BCUT2D eigenvalue weighted by Crippen LogP contribution is 2.22. The highest BCUT2D eigenvalue weighted by molar-refractivity contribution is 5.94. The Labute approximate surface area is 167 Å². The maximum absolute atomic E-state index is 13.2. The van der Waals surface area contributed by atoms with E-state index in [0.29, 0.717) is 22.6 Å². The van der Waals surface area contributed by atoms with E-state index < -0.39 is 17.8 Å². The molecule has 1 unspecified atom stereocenters. The van der Waals surface area contributed by atoms with Crippen LogP contribution in [0.25, 0.3) is 0 Å². The van der Waals surface area contributed by atoms with Crippen molar-refractivity contribution in [2.24, 2.45) is 0 Å². The van der Waals surface area contributed by atoms with Crippen molar-refractivity contribution in [2.45, 2.75) is 12.5 Å². The zero-order valence-electron chi connectivity index (χ0n) is 15.7. The van der Waals surface area contributed by atoms with E-state index in [1.54, 1.807) is 48.8 Å². The van der Waals surface area contributed by atoms with E-state index in [9.17, 15) is 14.0 Å². The number of amides is 1. The number of rotatable bonds is 7. The fourth-order valence-electron chi connectivity index (χ4n) is 2.66. The molecule has 29 heavy (non-hydrogen) atoms. The zero-order valence-corrected chi connectivity index (χ0v) is 15.7. The van der Waals surface area contributed by atoms with Crippen molar-refractivity contribution in [3.63, 3.8) is 0 Å². The molecule has 0 fully saturated rings. The van der Waals surface area contributed by atoms with Gasteiger partial charge in [-0.15, -0.1) is 0 Å². The summed E-state index contributed by atoms with van der Waals surface area (Å²) >= 11 is 0. The molecule has 1 N–H and O–H groups in total. The summed E-state index contributed by atoms with van der Waals surface area (Å²) in [4.78, 5) is 28.3. The van der Waals surface area contributed by atoms with Crippen LogP contribution in [-0.4, -0.2) is 24.0 Å². The van der Waals surface area contributed by atoms with E-state index in [-0.39, 0.29) is 12.3 Å². The molecule has 0 aliphatic heterocycles. The smallest absolute Gasteiger partial charge is 0.307 e. The van der Waals surface area contributed by atoms with Crippen molar-refractivity contribution in [3.8, 4) is 11.5 Å². The lowest BCUT2D eigenvalue weighted by atomic mass is 10.0. The third-order valence-corrected chi connectivity index (χ3v) is 4.16. The first-order valence-corrected chi connectivity index (χ1v) is 8.86. The summed E-state index contributed by atoms with van der Waals surface area (Å²) in [6.07, 6.45) is 3.16. The minimum absolute atomic E-state index is 0.0733. The van der Waals surface area contributed by atoms with Crippen LogP contribution in [0.1, 0.15) is 28.4 Å². The second-order valence-corrected chi connectivity index (χ2v) is 6.17. The fraction of sp³-hybridized carbons (Fsp3) is 0.136. The number of nitrogens with one attached hydrogen (secondary N) is 1. The average Bonchev–Trinajstić information content (AvgIpc) is 2.75. The Morgan fingerprint density at radius 2 is 1.76 bits per heavy atom. The summed E-state index contributed by atoms with van der Waals surface area (Å²) < 4.78 is 23.6. The number of aromatic nitrogens is 1. The van der Waals surface area contributed by atoms with Crippen LogP contribution in [0, 0.1) is 5.82 Å². The van der Waals surface area contributed by atoms with Gasteiger partial charge < -0.3 is 14.8 Å². The van der Waals surface area contributed by atoms with Gasteiger partial charge in [-0.1, -0.05) is 12.1 Å². The normalized spacial score (nSPS) is 11.4. The summed E-state index contributed by atoms with van der Waals surface area (Å²) in [6.45, 7) is 0. The number of carbonyl (C=O) groups is 2. The maximum atomic E-state index is 13.2. The standard InChI is InChI=1S/C22H19FN2O4/c1-28-21(26)13-20(15-4-8-17(23)9-5-15)25-22(27)16-6-10-18(11-7-16)29-19-3-2-12-24-14-19/h2-12,14,20H,13H2,1H3,(H,25,27). The molecule has 1 atom stereocenters. The number of pyridine rings is 1. The van der Waals surface area contributed by atoms with Gasteiger partial charge in [0.2, 0.25) is 0 Å². The third-order valence-electron chi connectivity index (χ3n) is 4.16. The van der Waals surface area contributed by atoms with Gasteiger partial charge in [0.1, 0.15) is 17.3 Å². The van der Waals surface area contributed by atoms with Crippen molar-refractivity contribution in [1.82, 2.24) is 10.3 Å². The number of carbonyl (C=O) groups excluding carboxylic acids is 2. The first-order valence-electron chi connectivity index (χ1n) is 8.86. The minimum atomic E-state index is -0.651. The molecule has 0 saturated carbocycles. The van der Waals surface area contributed by atoms with E-state index in [1.165, 1.54) is 31.4 Å². The van der Waals surface area contributed by atoms with E-state index in [4.69, 9.17) is 9.47 Å². The van der Waals surface area contributed by atoms with Gasteiger partial charge in [0, 0.05) is 11.8 Å². The van der Waals surface area contributed by atoms with Gasteiger partial charge >= 0.3 is 5.97 Å². The molecular weight excluding hydrogens is 375 g/mol. The number of hydrogen-bond acceptors (Lipinski definition) is 5. The molecule has 0 aliphatic rings. The summed E-state index contributed by atoms with van der Waals surface area (Å²) in [5.41, 5.74) is 0.988. The molecule has 0 spiro atoms. The Hall–Kier alpha value is -3.74. The molecule has 0 saturated heterocycles. The topological polar surface area (TPSA) is 77.5 Å². The molecule has 3 aromatic rings. The molecule has 3 rings (SSSR count). The number of ether oxygens (including phenoxy) is 2. The molecule has 1 aromatic heterocycles. The molecule has 6 nitrogen and oxygen atoms in total. The van der Waals surface area contributed by atoms with E-state index >= 15 is 0 Å². The number of benzene rings is 2. The SMILES string of the molecule is COC(=O)CC(NC(=O)c1ccc(Oc2cccnc2)cc1)c1ccc(F)cc1. The van der Waals surface area contributed by atoms with E-state index in [2.05, 4.69) is 10.3 Å². The van der Waals surface area contributed by atoms with Crippen LogP contribution in [0.5, 0.6) is 11.5 Å². The van der Waals surface area contributed by atoms with E-state index in [1.807, 2.05) is 0 Å². The maximum Gasteiger partial charge on any atom is 0.307 e. The summed E-state index contributed by atoms with van der Waals surface area (Å²) in [7, 11) is 1.27. The highest BCUT2D eigenvalue weighted by atomic mass is 19.1. The molecule has 0 radical (unpaired) electrons. The molecule has 1 amide bonds. The Morgan fingerprint density at radius 1 is 1.03 bits per heavy atom. The molecule has 148 valence electrons. The second kappa shape index (κ2) is 9.45. The van der Waals surface area contributed by atoms with E-state index in [0.717, 1.165) is 0 Å². The van der Waals surface area contributed by atoms with Crippen LogP contribution in [-0.2, 0) is 9.53 Å². The molecule has 0 bridgehead atoms. The number of halogens is 1. The monoisotopic (exact) mass is 394 g/mol. The quantitative estimate of drug-likeness (QED) is 0.612. The van der Waals surface area contributed by atoms with Crippen molar-refractivity contribution >= 4 is 11.9 Å². The van der Waals surface area contributed by atoms with Crippen molar-refractivity contribution in [3.05, 3.63) is 90.0 Å². The molecule has 2 aromatic carbocycles. The van der Waals surface area contributed by atoms with Gasteiger partial charge in [0.15, 0.2) is 0 Å². The van der Waals surface area contributed by atoms with Crippen molar-refractivity contribution < 1.29 is 23.5 Å². The summed E-state index contributed by atoms with van der Waals surface area (Å²) in [5.74, 6) is -0.129. The molecule has 0 aliphatic carbocycles. The minimum Gasteiger partial charge on any atom is -0.469 e. The summed E-state index contributed by atoms with van der Waals surface area (Å²) in [6, 6.07) is 15.0. The van der Waals surface area contributed by atoms with Crippen LogP contribution in [0.2, 0.25) is 0 Å². The lowest BCUT2D eigenvalue weighted by Crippen LogP contribution is -2.30. The number of esters is 1. The van der Waals surface area contributed by atoms with Crippen LogP contribution >= 0.6 is 0 Å². The third kappa shape index (κ3) is 5.62. The van der Waals surface area contributed by atoms with Crippen molar-refractivity contribution in [1.29, 1.82) is 0 Å². The molecule has 7 heteroatoms. The number of hydrogen-bond donors (Lipinski definition) is 1. The van der Waals surface area contributed by atoms with Crippen LogP contribution in [0.3, 0.4) is 0 Å². The largest absolute Gasteiger partial charge is 0.469 e. The fourth-order valence-corrected chi connectivity index (χ4v) is 2.66. The lowest BCUT2D eigenvalue weighted by molar-refractivity contribution is -0.141. The lowest BCUT2D eigenvalue weighted by Gasteiger charge is -2.18. The predicted octanol–water partition coefficient (Wildman–Crippen LogP) is 4.05.